The van der Waals surface area contributed by atoms with Gasteiger partial charge >= 0.3 is 0 Å². The number of hydrogen-bond donors (Lipinski definition) is 3. The van der Waals surface area contributed by atoms with E-state index in [2.05, 4.69) is 22.5 Å². The standard InChI is InChI=1S/C33H34N6O6/c1-5-29(40)34-23-7-6-8-24(17-23)36-33-37-27-20-39(19-21-9-12-26(43-3)18-28(21)44-4)32(41)30(27)31(38-33)35-22-10-13-25(14-11-22)45-16-15-42-2/h5-14,17-18H,1,15-16,19-20H2,2-4H3,(H,34,40)(H2,35,36,37,38). The van der Waals surface area contributed by atoms with Crippen LogP contribution in [0, 0.1) is 0 Å². The Labute approximate surface area is 261 Å². The summed E-state index contributed by atoms with van der Waals surface area (Å²) < 4.78 is 21.6. The molecule has 0 unspecified atom stereocenters. The van der Waals surface area contributed by atoms with Crippen LogP contribution in [-0.4, -0.2) is 61.2 Å². The summed E-state index contributed by atoms with van der Waals surface area (Å²) in [6.07, 6.45) is 1.20. The lowest BCUT2D eigenvalue weighted by Gasteiger charge is -2.18. The van der Waals surface area contributed by atoms with Crippen LogP contribution < -0.4 is 30.2 Å². The molecule has 0 bridgehead atoms. The molecule has 3 aromatic carbocycles. The van der Waals surface area contributed by atoms with Crippen LogP contribution in [-0.2, 0) is 22.6 Å². The second kappa shape index (κ2) is 14.2. The topological polar surface area (TPSA) is 136 Å². The highest BCUT2D eigenvalue weighted by atomic mass is 16.5. The van der Waals surface area contributed by atoms with Gasteiger partial charge in [0.25, 0.3) is 5.91 Å². The molecule has 1 aromatic heterocycles. The van der Waals surface area contributed by atoms with Crippen LogP contribution >= 0.6 is 0 Å². The predicted octanol–water partition coefficient (Wildman–Crippen LogP) is 5.29. The van der Waals surface area contributed by atoms with Crippen molar-refractivity contribution in [3.8, 4) is 17.2 Å². The summed E-state index contributed by atoms with van der Waals surface area (Å²) in [6.45, 7) is 4.96. The van der Waals surface area contributed by atoms with E-state index in [1.807, 2.05) is 42.5 Å². The summed E-state index contributed by atoms with van der Waals surface area (Å²) in [7, 11) is 4.78. The monoisotopic (exact) mass is 610 g/mol. The van der Waals surface area contributed by atoms with Crippen molar-refractivity contribution in [1.82, 2.24) is 14.9 Å². The highest BCUT2D eigenvalue weighted by molar-refractivity contribution is 6.03. The van der Waals surface area contributed by atoms with Gasteiger partial charge in [0.2, 0.25) is 11.9 Å². The largest absolute Gasteiger partial charge is 0.497 e. The number of nitrogens with zero attached hydrogens (tertiary/aromatic N) is 3. The highest BCUT2D eigenvalue weighted by Crippen LogP contribution is 2.34. The third-order valence-electron chi connectivity index (χ3n) is 6.93. The Bertz CT molecular complexity index is 1690. The SMILES string of the molecule is C=CC(=O)Nc1cccc(Nc2nc3c(c(Nc4ccc(OCCOC)cc4)n2)C(=O)N(Cc2ccc(OC)cc2OC)C3)c1. The van der Waals surface area contributed by atoms with Gasteiger partial charge in [0.05, 0.1) is 39.6 Å². The van der Waals surface area contributed by atoms with Crippen LogP contribution in [0.25, 0.3) is 0 Å². The number of benzene rings is 3. The van der Waals surface area contributed by atoms with Crippen LogP contribution in [0.15, 0.2) is 79.4 Å². The van der Waals surface area contributed by atoms with E-state index in [-0.39, 0.29) is 24.3 Å². The van der Waals surface area contributed by atoms with Crippen LogP contribution in [0.4, 0.5) is 28.8 Å². The smallest absolute Gasteiger partial charge is 0.260 e. The van der Waals surface area contributed by atoms with E-state index in [9.17, 15) is 9.59 Å². The number of carbonyl (C=O) groups excluding carboxylic acids is 2. The molecule has 0 saturated carbocycles. The van der Waals surface area contributed by atoms with Crippen molar-refractivity contribution in [3.05, 3.63) is 96.2 Å². The Hall–Kier alpha value is -5.62. The molecule has 3 N–H and O–H groups in total. The van der Waals surface area contributed by atoms with Crippen LogP contribution in [0.1, 0.15) is 21.6 Å². The van der Waals surface area contributed by atoms with E-state index in [0.29, 0.717) is 71.1 Å². The Morgan fingerprint density at radius 1 is 0.911 bits per heavy atom. The minimum atomic E-state index is -0.324. The van der Waals surface area contributed by atoms with Gasteiger partial charge in [0.1, 0.15) is 35.2 Å². The fraction of sp³-hybridized carbons (Fsp3) is 0.212. The van der Waals surface area contributed by atoms with Gasteiger partial charge in [-0.25, -0.2) is 4.98 Å². The lowest BCUT2D eigenvalue weighted by Crippen LogP contribution is -2.24. The zero-order chi connectivity index (χ0) is 31.8. The number of rotatable bonds is 14. The number of hydrogen-bond acceptors (Lipinski definition) is 10. The maximum atomic E-state index is 13.8. The number of fused-ring (bicyclic) bond motifs is 1. The summed E-state index contributed by atoms with van der Waals surface area (Å²) in [5.41, 5.74) is 3.68. The second-order valence-corrected chi connectivity index (χ2v) is 9.95. The molecule has 0 aliphatic carbocycles. The van der Waals surface area contributed by atoms with Crippen molar-refractivity contribution in [1.29, 1.82) is 0 Å². The number of anilines is 5. The summed E-state index contributed by atoms with van der Waals surface area (Å²) in [6, 6.07) is 19.9. The van der Waals surface area contributed by atoms with Gasteiger partial charge in [0, 0.05) is 35.8 Å². The van der Waals surface area contributed by atoms with Crippen LogP contribution in [0.2, 0.25) is 0 Å². The van der Waals surface area contributed by atoms with Crippen molar-refractivity contribution in [2.45, 2.75) is 13.1 Å². The van der Waals surface area contributed by atoms with Crippen molar-refractivity contribution in [2.24, 2.45) is 0 Å². The van der Waals surface area contributed by atoms with E-state index in [4.69, 9.17) is 28.9 Å². The summed E-state index contributed by atoms with van der Waals surface area (Å²) in [5.74, 6) is 2.04. The number of amides is 2. The number of carbonyl (C=O) groups is 2. The third kappa shape index (κ3) is 7.48. The zero-order valence-electron chi connectivity index (χ0n) is 25.3. The molecule has 232 valence electrons. The molecular formula is C33H34N6O6. The number of nitrogens with one attached hydrogen (secondary N) is 3. The molecule has 45 heavy (non-hydrogen) atoms. The first-order valence-corrected chi connectivity index (χ1v) is 14.1. The van der Waals surface area contributed by atoms with E-state index >= 15 is 0 Å². The summed E-state index contributed by atoms with van der Waals surface area (Å²) in [5, 5.41) is 9.24. The van der Waals surface area contributed by atoms with E-state index in [0.717, 1.165) is 5.56 Å². The molecule has 2 amide bonds. The van der Waals surface area contributed by atoms with Gasteiger partial charge in [-0.2, -0.15) is 4.98 Å². The molecule has 5 rings (SSSR count). The molecule has 0 spiro atoms. The Morgan fingerprint density at radius 2 is 1.69 bits per heavy atom. The Balaban J connectivity index is 1.44. The highest BCUT2D eigenvalue weighted by Gasteiger charge is 2.34. The molecule has 12 heteroatoms. The molecule has 4 aromatic rings. The predicted molar refractivity (Wildman–Crippen MR) is 171 cm³/mol. The fourth-order valence-corrected chi connectivity index (χ4v) is 4.73. The first kappa shape index (κ1) is 30.8. The van der Waals surface area contributed by atoms with Crippen molar-refractivity contribution < 1.29 is 28.5 Å². The fourth-order valence-electron chi connectivity index (χ4n) is 4.73. The molecular weight excluding hydrogens is 576 g/mol. The van der Waals surface area contributed by atoms with Gasteiger partial charge < -0.3 is 39.8 Å². The van der Waals surface area contributed by atoms with Gasteiger partial charge in [-0.1, -0.05) is 12.6 Å². The number of methoxy groups -OCH3 is 3. The normalized spacial score (nSPS) is 11.9. The lowest BCUT2D eigenvalue weighted by molar-refractivity contribution is -0.111. The number of ether oxygens (including phenoxy) is 4. The minimum Gasteiger partial charge on any atom is -0.497 e. The molecule has 0 radical (unpaired) electrons. The van der Waals surface area contributed by atoms with Crippen LogP contribution in [0.5, 0.6) is 17.2 Å². The molecule has 0 fully saturated rings. The van der Waals surface area contributed by atoms with Gasteiger partial charge in [-0.3, -0.25) is 9.59 Å². The molecule has 0 atom stereocenters. The van der Waals surface area contributed by atoms with Crippen molar-refractivity contribution in [3.63, 3.8) is 0 Å². The Kier molecular flexibility index (Phi) is 9.75. The average Bonchev–Trinajstić information content (AvgIpc) is 3.36. The van der Waals surface area contributed by atoms with Gasteiger partial charge in [-0.05, 0) is 60.7 Å². The Morgan fingerprint density at radius 3 is 2.42 bits per heavy atom. The van der Waals surface area contributed by atoms with Gasteiger partial charge in [-0.15, -0.1) is 0 Å². The maximum absolute atomic E-state index is 13.8. The van der Waals surface area contributed by atoms with Crippen molar-refractivity contribution >= 4 is 40.6 Å². The lowest BCUT2D eigenvalue weighted by atomic mass is 10.1. The first-order chi connectivity index (χ1) is 21.9. The van der Waals surface area contributed by atoms with Gasteiger partial charge in [0.15, 0.2) is 0 Å². The summed E-state index contributed by atoms with van der Waals surface area (Å²) >= 11 is 0. The number of aromatic nitrogens is 2. The second-order valence-electron chi connectivity index (χ2n) is 9.95. The maximum Gasteiger partial charge on any atom is 0.260 e. The quantitative estimate of drug-likeness (QED) is 0.128. The first-order valence-electron chi connectivity index (χ1n) is 14.1. The van der Waals surface area contributed by atoms with E-state index in [1.165, 1.54) is 6.08 Å². The van der Waals surface area contributed by atoms with E-state index in [1.54, 1.807) is 50.5 Å². The molecule has 12 nitrogen and oxygen atoms in total. The summed E-state index contributed by atoms with van der Waals surface area (Å²) in [4.78, 5) is 36.7. The molecule has 1 aliphatic heterocycles. The van der Waals surface area contributed by atoms with Crippen molar-refractivity contribution in [2.75, 3.05) is 50.5 Å². The van der Waals surface area contributed by atoms with E-state index < -0.39 is 0 Å². The third-order valence-corrected chi connectivity index (χ3v) is 6.93. The average molecular weight is 611 g/mol. The molecule has 0 saturated heterocycles. The molecule has 1 aliphatic rings. The van der Waals surface area contributed by atoms with Crippen LogP contribution in [0.3, 0.4) is 0 Å². The zero-order valence-corrected chi connectivity index (χ0v) is 25.3. The molecule has 2 heterocycles. The minimum absolute atomic E-state index is 0.217.